The molecule has 5 unspecified atom stereocenters. The largest absolute Gasteiger partial charge is 0.480 e. The van der Waals surface area contributed by atoms with Gasteiger partial charge in [0.2, 0.25) is 29.4 Å². The first-order valence-electron chi connectivity index (χ1n) is 15.4. The molecule has 0 spiro atoms. The van der Waals surface area contributed by atoms with Crippen LogP contribution in [-0.4, -0.2) is 126 Å². The third-order valence-corrected chi connectivity index (χ3v) is 6.98. The number of amides is 6. The lowest BCUT2D eigenvalue weighted by atomic mass is 10.0. The Morgan fingerprint density at radius 2 is 1.62 bits per heavy atom. The molecule has 0 aromatic heterocycles. The van der Waals surface area contributed by atoms with Crippen LogP contribution in [-0.2, 0) is 43.0 Å². The van der Waals surface area contributed by atoms with Crippen molar-refractivity contribution in [2.75, 3.05) is 32.9 Å². The molecule has 0 saturated carbocycles. The molecule has 0 aromatic rings. The molecule has 0 aliphatic carbocycles. The van der Waals surface area contributed by atoms with Gasteiger partial charge >= 0.3 is 12.1 Å². The molecule has 1 saturated heterocycles. The maximum atomic E-state index is 13.7. The van der Waals surface area contributed by atoms with Crippen molar-refractivity contribution in [3.8, 4) is 0 Å². The lowest BCUT2D eigenvalue weighted by molar-refractivity contribution is -0.144. The summed E-state index contributed by atoms with van der Waals surface area (Å²) in [6.07, 6.45) is -1.64. The second-order valence-corrected chi connectivity index (χ2v) is 11.9. The highest BCUT2D eigenvalue weighted by Gasteiger charge is 2.44. The van der Waals surface area contributed by atoms with Crippen LogP contribution in [0.5, 0.6) is 0 Å². The summed E-state index contributed by atoms with van der Waals surface area (Å²) in [4.78, 5) is 101. The van der Waals surface area contributed by atoms with E-state index in [0.29, 0.717) is 6.42 Å². The lowest BCUT2D eigenvalue weighted by Crippen LogP contribution is -2.57. The highest BCUT2D eigenvalue weighted by molar-refractivity contribution is 6.38. The van der Waals surface area contributed by atoms with E-state index in [0.717, 1.165) is 4.90 Å². The Labute approximate surface area is 272 Å². The van der Waals surface area contributed by atoms with Gasteiger partial charge < -0.3 is 51.6 Å². The van der Waals surface area contributed by atoms with Gasteiger partial charge in [0.05, 0.1) is 25.3 Å². The van der Waals surface area contributed by atoms with Gasteiger partial charge in [-0.25, -0.2) is 9.59 Å². The molecule has 0 radical (unpaired) electrons. The molecule has 5 atom stereocenters. The number of ketones is 1. The Morgan fingerprint density at radius 3 is 2.15 bits per heavy atom. The highest BCUT2D eigenvalue weighted by atomic mass is 16.5. The summed E-state index contributed by atoms with van der Waals surface area (Å²) in [7, 11) is 0. The molecule has 8 N–H and O–H groups in total. The van der Waals surface area contributed by atoms with Gasteiger partial charge in [0, 0.05) is 19.6 Å². The number of nitrogens with one attached hydrogen (secondary N) is 4. The van der Waals surface area contributed by atoms with Gasteiger partial charge in [-0.3, -0.25) is 28.8 Å². The van der Waals surface area contributed by atoms with E-state index in [2.05, 4.69) is 21.3 Å². The van der Waals surface area contributed by atoms with Crippen LogP contribution < -0.4 is 27.0 Å². The second-order valence-electron chi connectivity index (χ2n) is 11.9. The van der Waals surface area contributed by atoms with Crippen molar-refractivity contribution in [2.24, 2.45) is 17.6 Å². The molecular weight excluding hydrogens is 624 g/mol. The minimum Gasteiger partial charge on any atom is -0.480 e. The predicted octanol–water partition coefficient (Wildman–Crippen LogP) is -2.21. The Balaban J connectivity index is 3.10. The number of Topliss-reactive ketones (excluding diaryl/α,β-unsaturated/α-hetero) is 1. The van der Waals surface area contributed by atoms with Gasteiger partial charge in [0.15, 0.2) is 0 Å². The number of carbonyl (C=O) groups is 8. The molecule has 47 heavy (non-hydrogen) atoms. The number of rotatable bonds is 20. The van der Waals surface area contributed by atoms with Gasteiger partial charge in [-0.2, -0.15) is 0 Å². The molecule has 266 valence electrons. The van der Waals surface area contributed by atoms with E-state index in [1.165, 1.54) is 0 Å². The van der Waals surface area contributed by atoms with Crippen LogP contribution in [0.4, 0.5) is 4.79 Å². The summed E-state index contributed by atoms with van der Waals surface area (Å²) in [6, 6.07) is -4.93. The molecule has 1 heterocycles. The van der Waals surface area contributed by atoms with Crippen molar-refractivity contribution in [1.82, 2.24) is 26.2 Å². The summed E-state index contributed by atoms with van der Waals surface area (Å²) in [6.45, 7) is 6.78. The second kappa shape index (κ2) is 20.0. The highest BCUT2D eigenvalue weighted by Crippen LogP contribution is 2.24. The number of nitrogens with two attached hydrogens (primary N) is 1. The molecule has 1 aliphatic heterocycles. The van der Waals surface area contributed by atoms with Crippen molar-refractivity contribution >= 4 is 47.4 Å². The van der Waals surface area contributed by atoms with E-state index >= 15 is 0 Å². The van der Waals surface area contributed by atoms with Crippen molar-refractivity contribution in [3.63, 3.8) is 0 Å². The van der Waals surface area contributed by atoms with Crippen molar-refractivity contribution in [3.05, 3.63) is 0 Å². The van der Waals surface area contributed by atoms with Crippen LogP contribution in [0.3, 0.4) is 0 Å². The number of ether oxygens (including phenoxy) is 2. The van der Waals surface area contributed by atoms with Gasteiger partial charge in [-0.1, -0.05) is 41.0 Å². The van der Waals surface area contributed by atoms with E-state index in [4.69, 9.17) is 25.4 Å². The normalized spacial score (nSPS) is 17.7. The van der Waals surface area contributed by atoms with Crippen LogP contribution in [0.15, 0.2) is 0 Å². The number of alkyl carbamates (subject to hydrolysis) is 1. The molecule has 1 fully saturated rings. The monoisotopic (exact) mass is 672 g/mol. The topological polar surface area (TPSA) is 273 Å². The summed E-state index contributed by atoms with van der Waals surface area (Å²) < 4.78 is 10.5. The molecule has 1 aliphatic rings. The van der Waals surface area contributed by atoms with E-state index in [9.17, 15) is 38.4 Å². The third-order valence-electron chi connectivity index (χ3n) is 6.98. The minimum absolute atomic E-state index is 0.0158. The fraction of sp³-hybridized carbons (Fsp3) is 0.724. The SMILES string of the molecule is CCCC(NC(=O)C1CC(OCC(=O)O)CN1C(=O)C(NC(=O)OCC(C)C)C(C)C)C(=O)C(=O)NCC(=O)NC(CCO)C(N)=O. The number of likely N-dealkylation sites (tertiary alicyclic amines) is 1. The van der Waals surface area contributed by atoms with Gasteiger partial charge in [-0.15, -0.1) is 0 Å². The van der Waals surface area contributed by atoms with E-state index in [1.807, 2.05) is 13.8 Å². The number of hydrogen-bond acceptors (Lipinski definition) is 11. The van der Waals surface area contributed by atoms with Crippen LogP contribution in [0.25, 0.3) is 0 Å². The number of hydrogen-bond donors (Lipinski definition) is 7. The lowest BCUT2D eigenvalue weighted by Gasteiger charge is -2.31. The van der Waals surface area contributed by atoms with E-state index in [1.54, 1.807) is 20.8 Å². The molecule has 0 bridgehead atoms. The van der Waals surface area contributed by atoms with E-state index in [-0.39, 0.29) is 38.3 Å². The van der Waals surface area contributed by atoms with Gasteiger partial charge in [0.1, 0.15) is 24.7 Å². The van der Waals surface area contributed by atoms with Crippen LogP contribution in [0.1, 0.15) is 60.3 Å². The average Bonchev–Trinajstić information content (AvgIpc) is 3.43. The molecular formula is C29H48N6O12. The summed E-state index contributed by atoms with van der Waals surface area (Å²) >= 11 is 0. The summed E-state index contributed by atoms with van der Waals surface area (Å²) in [5.41, 5.74) is 5.16. The quantitative estimate of drug-likeness (QED) is 0.0678. The van der Waals surface area contributed by atoms with Crippen molar-refractivity contribution in [2.45, 2.75) is 90.6 Å². The van der Waals surface area contributed by atoms with E-state index < -0.39 is 103 Å². The van der Waals surface area contributed by atoms with Crippen LogP contribution in [0, 0.1) is 11.8 Å². The first kappa shape index (κ1) is 40.7. The first-order valence-corrected chi connectivity index (χ1v) is 15.4. The molecule has 1 rings (SSSR count). The van der Waals surface area contributed by atoms with Crippen molar-refractivity contribution in [1.29, 1.82) is 0 Å². The standard InChI is InChI=1S/C29H48N6O12/c1-6-7-18(24(40)27(43)31-11-21(37)32-19(8-9-36)25(30)41)33-26(42)20-10-17(46-14-22(38)39)12-35(20)28(44)23(16(4)5)34-29(45)47-13-15(2)3/h15-20,23,36H,6-14H2,1-5H3,(H2,30,41)(H,31,43)(H,32,37)(H,33,42)(H,34,45)(H,38,39). The molecule has 0 aromatic carbocycles. The Morgan fingerprint density at radius 1 is 0.957 bits per heavy atom. The first-order chi connectivity index (χ1) is 22.0. The Hall–Kier alpha value is -4.32. The minimum atomic E-state index is -1.36. The zero-order valence-electron chi connectivity index (χ0n) is 27.4. The molecule has 18 nitrogen and oxygen atoms in total. The van der Waals surface area contributed by atoms with Gasteiger partial charge in [-0.05, 0) is 24.7 Å². The number of aliphatic carboxylic acids is 1. The summed E-state index contributed by atoms with van der Waals surface area (Å²) in [5, 5.41) is 27.4. The average molecular weight is 673 g/mol. The van der Waals surface area contributed by atoms with Crippen LogP contribution in [0.2, 0.25) is 0 Å². The fourth-order valence-electron chi connectivity index (χ4n) is 4.59. The molecule has 18 heteroatoms. The third kappa shape index (κ3) is 13.9. The number of nitrogens with zero attached hydrogens (tertiary/aromatic N) is 1. The maximum Gasteiger partial charge on any atom is 0.407 e. The Kier molecular flexibility index (Phi) is 17.3. The zero-order chi connectivity index (χ0) is 35.8. The van der Waals surface area contributed by atoms with Crippen LogP contribution >= 0.6 is 0 Å². The van der Waals surface area contributed by atoms with Gasteiger partial charge in [0.25, 0.3) is 5.91 Å². The number of carboxylic acid groups (broad SMARTS) is 1. The predicted molar refractivity (Wildman–Crippen MR) is 163 cm³/mol. The zero-order valence-corrected chi connectivity index (χ0v) is 27.4. The fourth-order valence-corrected chi connectivity index (χ4v) is 4.59. The smallest absolute Gasteiger partial charge is 0.407 e. The maximum absolute atomic E-state index is 13.7. The number of primary amides is 1. The van der Waals surface area contributed by atoms with Crippen molar-refractivity contribution < 1.29 is 58.0 Å². The summed E-state index contributed by atoms with van der Waals surface area (Å²) in [5.74, 6) is -7.22. The number of carboxylic acids is 1. The Bertz CT molecular complexity index is 1150. The molecule has 6 amide bonds. The number of aliphatic hydroxyl groups is 1. The number of carbonyl (C=O) groups excluding carboxylic acids is 7. The number of aliphatic hydroxyl groups excluding tert-OH is 1.